The minimum Gasteiger partial charge on any atom is -0.444 e. The average molecular weight is 327 g/mol. The molecule has 4 nitrogen and oxygen atoms in total. The molecule has 0 aromatic heterocycles. The first-order valence-electron chi connectivity index (χ1n) is 9.45. The van der Waals surface area contributed by atoms with Crippen molar-refractivity contribution in [3.8, 4) is 0 Å². The molecule has 1 saturated carbocycles. The molecule has 0 aromatic rings. The van der Waals surface area contributed by atoms with Crippen molar-refractivity contribution in [1.82, 2.24) is 10.6 Å². The molecule has 0 bridgehead atoms. The second-order valence-electron chi connectivity index (χ2n) is 8.33. The summed E-state index contributed by atoms with van der Waals surface area (Å²) in [6.45, 7) is 13.2. The topological polar surface area (TPSA) is 50.4 Å². The normalized spacial score (nSPS) is 23.6. The van der Waals surface area contributed by atoms with Crippen molar-refractivity contribution in [2.75, 3.05) is 6.54 Å². The van der Waals surface area contributed by atoms with Crippen LogP contribution in [0.15, 0.2) is 0 Å². The average Bonchev–Trinajstić information content (AvgIpc) is 2.43. The third-order valence-electron chi connectivity index (χ3n) is 4.65. The van der Waals surface area contributed by atoms with Gasteiger partial charge in [0.2, 0.25) is 0 Å². The van der Waals surface area contributed by atoms with Gasteiger partial charge in [-0.3, -0.25) is 0 Å². The van der Waals surface area contributed by atoms with Crippen LogP contribution in [0.5, 0.6) is 0 Å². The Morgan fingerprint density at radius 2 is 1.87 bits per heavy atom. The maximum atomic E-state index is 11.9. The Morgan fingerprint density at radius 3 is 2.43 bits per heavy atom. The predicted molar refractivity (Wildman–Crippen MR) is 96.7 cm³/mol. The third kappa shape index (κ3) is 8.05. The van der Waals surface area contributed by atoms with Gasteiger partial charge in [0.05, 0.1) is 0 Å². The number of rotatable bonds is 7. The molecule has 0 aliphatic heterocycles. The van der Waals surface area contributed by atoms with E-state index in [2.05, 4.69) is 31.4 Å². The summed E-state index contributed by atoms with van der Waals surface area (Å²) < 4.78 is 5.34. The van der Waals surface area contributed by atoms with Crippen molar-refractivity contribution in [3.05, 3.63) is 0 Å². The van der Waals surface area contributed by atoms with Gasteiger partial charge in [0.1, 0.15) is 5.60 Å². The largest absolute Gasteiger partial charge is 0.444 e. The zero-order valence-electron chi connectivity index (χ0n) is 16.1. The van der Waals surface area contributed by atoms with Crippen LogP contribution in [0.3, 0.4) is 0 Å². The molecule has 4 heteroatoms. The third-order valence-corrected chi connectivity index (χ3v) is 4.65. The number of nitrogens with one attached hydrogen (secondary N) is 2. The monoisotopic (exact) mass is 326 g/mol. The van der Waals surface area contributed by atoms with Gasteiger partial charge in [-0.2, -0.15) is 0 Å². The molecule has 1 aliphatic carbocycles. The van der Waals surface area contributed by atoms with Crippen molar-refractivity contribution in [2.45, 2.75) is 97.8 Å². The summed E-state index contributed by atoms with van der Waals surface area (Å²) in [5.74, 6) is 1.47. The number of carbonyl (C=O) groups excluding carboxylic acids is 1. The molecular weight excluding hydrogens is 288 g/mol. The minimum atomic E-state index is -0.441. The van der Waals surface area contributed by atoms with Crippen LogP contribution in [0.4, 0.5) is 4.79 Å². The van der Waals surface area contributed by atoms with Crippen molar-refractivity contribution in [1.29, 1.82) is 0 Å². The lowest BCUT2D eigenvalue weighted by Crippen LogP contribution is -2.50. The summed E-state index contributed by atoms with van der Waals surface area (Å²) >= 11 is 0. The highest BCUT2D eigenvalue weighted by atomic mass is 16.6. The van der Waals surface area contributed by atoms with E-state index in [1.54, 1.807) is 0 Å². The van der Waals surface area contributed by atoms with Crippen LogP contribution in [0, 0.1) is 11.8 Å². The molecule has 1 rings (SSSR count). The first kappa shape index (κ1) is 20.3. The van der Waals surface area contributed by atoms with E-state index in [-0.39, 0.29) is 6.09 Å². The van der Waals surface area contributed by atoms with E-state index in [1.165, 1.54) is 25.7 Å². The standard InChI is InChI=1S/C19H38N2O2/c1-7-10-15(13-20-18(22)23-19(4,5)6)21-17-12-9-8-11-16(17)14(2)3/h14-17,21H,7-13H2,1-6H3,(H,20,22). The van der Waals surface area contributed by atoms with Crippen LogP contribution < -0.4 is 10.6 Å². The summed E-state index contributed by atoms with van der Waals surface area (Å²) in [6.07, 6.45) is 7.14. The van der Waals surface area contributed by atoms with E-state index >= 15 is 0 Å². The van der Waals surface area contributed by atoms with Crippen LogP contribution in [0.25, 0.3) is 0 Å². The van der Waals surface area contributed by atoms with Gasteiger partial charge in [-0.1, -0.05) is 40.0 Å². The van der Waals surface area contributed by atoms with Gasteiger partial charge in [0, 0.05) is 18.6 Å². The lowest BCUT2D eigenvalue weighted by Gasteiger charge is -2.37. The molecule has 3 unspecified atom stereocenters. The summed E-state index contributed by atoms with van der Waals surface area (Å²) in [5.41, 5.74) is -0.441. The fraction of sp³-hybridized carbons (Fsp3) is 0.947. The Morgan fingerprint density at radius 1 is 1.22 bits per heavy atom. The van der Waals surface area contributed by atoms with Gasteiger partial charge in [-0.15, -0.1) is 0 Å². The highest BCUT2D eigenvalue weighted by Gasteiger charge is 2.29. The molecule has 1 aliphatic rings. The number of amides is 1. The van der Waals surface area contributed by atoms with E-state index in [9.17, 15) is 4.79 Å². The van der Waals surface area contributed by atoms with E-state index in [4.69, 9.17) is 4.74 Å². The highest BCUT2D eigenvalue weighted by molar-refractivity contribution is 5.67. The Bertz CT molecular complexity index is 350. The number of alkyl carbamates (subject to hydrolysis) is 1. The number of hydrogen-bond acceptors (Lipinski definition) is 3. The fourth-order valence-electron chi connectivity index (χ4n) is 3.58. The van der Waals surface area contributed by atoms with E-state index in [0.717, 1.165) is 18.8 Å². The lowest BCUT2D eigenvalue weighted by molar-refractivity contribution is 0.0518. The molecule has 0 aromatic carbocycles. The van der Waals surface area contributed by atoms with Crippen molar-refractivity contribution < 1.29 is 9.53 Å². The van der Waals surface area contributed by atoms with Crippen molar-refractivity contribution in [2.24, 2.45) is 11.8 Å². The van der Waals surface area contributed by atoms with Crippen LogP contribution in [-0.4, -0.2) is 30.3 Å². The second-order valence-corrected chi connectivity index (χ2v) is 8.33. The van der Waals surface area contributed by atoms with Crippen LogP contribution in [-0.2, 0) is 4.74 Å². The molecule has 136 valence electrons. The summed E-state index contributed by atoms with van der Waals surface area (Å²) in [4.78, 5) is 11.9. The maximum absolute atomic E-state index is 11.9. The smallest absolute Gasteiger partial charge is 0.407 e. The fourth-order valence-corrected chi connectivity index (χ4v) is 3.58. The van der Waals surface area contributed by atoms with Gasteiger partial charge < -0.3 is 15.4 Å². The van der Waals surface area contributed by atoms with Gasteiger partial charge in [-0.05, 0) is 51.9 Å². The maximum Gasteiger partial charge on any atom is 0.407 e. The van der Waals surface area contributed by atoms with Crippen molar-refractivity contribution in [3.63, 3.8) is 0 Å². The van der Waals surface area contributed by atoms with E-state index in [1.807, 2.05) is 20.8 Å². The number of ether oxygens (including phenoxy) is 1. The highest BCUT2D eigenvalue weighted by Crippen LogP contribution is 2.30. The molecule has 1 amide bonds. The molecule has 2 N–H and O–H groups in total. The summed E-state index contributed by atoms with van der Waals surface area (Å²) in [7, 11) is 0. The second kappa shape index (κ2) is 9.51. The Hall–Kier alpha value is -0.770. The Labute approximate surface area is 143 Å². The summed E-state index contributed by atoms with van der Waals surface area (Å²) in [5, 5.41) is 6.77. The van der Waals surface area contributed by atoms with Gasteiger partial charge in [-0.25, -0.2) is 4.79 Å². The van der Waals surface area contributed by atoms with Gasteiger partial charge in [0.25, 0.3) is 0 Å². The zero-order valence-corrected chi connectivity index (χ0v) is 16.1. The van der Waals surface area contributed by atoms with Crippen LogP contribution in [0.2, 0.25) is 0 Å². The van der Waals surface area contributed by atoms with Gasteiger partial charge >= 0.3 is 6.09 Å². The molecule has 0 radical (unpaired) electrons. The molecule has 3 atom stereocenters. The molecule has 0 saturated heterocycles. The van der Waals surface area contributed by atoms with E-state index in [0.29, 0.717) is 24.5 Å². The van der Waals surface area contributed by atoms with E-state index < -0.39 is 5.60 Å². The number of carbonyl (C=O) groups is 1. The molecule has 23 heavy (non-hydrogen) atoms. The lowest BCUT2D eigenvalue weighted by atomic mass is 9.77. The zero-order chi connectivity index (χ0) is 17.5. The van der Waals surface area contributed by atoms with Crippen LogP contribution >= 0.6 is 0 Å². The van der Waals surface area contributed by atoms with Gasteiger partial charge in [0.15, 0.2) is 0 Å². The van der Waals surface area contributed by atoms with Crippen molar-refractivity contribution >= 4 is 6.09 Å². The predicted octanol–water partition coefficient (Wildman–Crippen LogP) is 4.48. The molecule has 0 heterocycles. The first-order chi connectivity index (χ1) is 10.7. The quantitative estimate of drug-likeness (QED) is 0.725. The summed E-state index contributed by atoms with van der Waals surface area (Å²) in [6, 6.07) is 0.914. The van der Waals surface area contributed by atoms with Crippen LogP contribution in [0.1, 0.15) is 80.1 Å². The number of hydrogen-bond donors (Lipinski definition) is 2. The molecule has 1 fully saturated rings. The minimum absolute atomic E-state index is 0.315. The Kier molecular flexibility index (Phi) is 8.38. The first-order valence-corrected chi connectivity index (χ1v) is 9.45. The molecule has 0 spiro atoms. The SMILES string of the molecule is CCCC(CNC(=O)OC(C)(C)C)NC1CCCCC1C(C)C. The Balaban J connectivity index is 2.51. The molecular formula is C19H38N2O2.